The van der Waals surface area contributed by atoms with Gasteiger partial charge in [-0.1, -0.05) is 30.3 Å². The maximum atomic E-state index is 12.6. The van der Waals surface area contributed by atoms with Crippen molar-refractivity contribution in [3.63, 3.8) is 0 Å². The number of nitrogens with two attached hydrogens (primary N) is 1. The lowest BCUT2D eigenvalue weighted by Crippen LogP contribution is -2.49. The maximum absolute atomic E-state index is 12.6. The molecule has 1 aliphatic heterocycles. The van der Waals surface area contributed by atoms with Crippen LogP contribution in [0.5, 0.6) is 0 Å². The minimum absolute atomic E-state index is 0.152. The fourth-order valence-electron chi connectivity index (χ4n) is 2.59. The molecule has 1 amide bonds. The van der Waals surface area contributed by atoms with Crippen molar-refractivity contribution >= 4 is 5.91 Å². The van der Waals surface area contributed by atoms with Gasteiger partial charge in [0.2, 0.25) is 5.91 Å². The standard InChI is InChI=1S/C15H23N3O/c1-12-8-9-17(2)14(10-16)15(19)18(12)11-13-6-4-3-5-7-13/h3-7,12,14H,8-11,16H2,1-2H3. The summed E-state index contributed by atoms with van der Waals surface area (Å²) in [7, 11) is 1.98. The average molecular weight is 261 g/mol. The molecule has 0 aromatic heterocycles. The van der Waals surface area contributed by atoms with Crippen LogP contribution in [-0.2, 0) is 11.3 Å². The van der Waals surface area contributed by atoms with Gasteiger partial charge in [0.1, 0.15) is 6.04 Å². The van der Waals surface area contributed by atoms with E-state index >= 15 is 0 Å². The summed E-state index contributed by atoms with van der Waals surface area (Å²) in [5, 5.41) is 0. The van der Waals surface area contributed by atoms with E-state index in [2.05, 4.69) is 24.0 Å². The molecule has 1 heterocycles. The number of hydrogen-bond donors (Lipinski definition) is 1. The van der Waals surface area contributed by atoms with E-state index in [-0.39, 0.29) is 18.0 Å². The van der Waals surface area contributed by atoms with Crippen molar-refractivity contribution in [3.05, 3.63) is 35.9 Å². The minimum atomic E-state index is -0.186. The summed E-state index contributed by atoms with van der Waals surface area (Å²) in [4.78, 5) is 16.6. The lowest BCUT2D eigenvalue weighted by Gasteiger charge is -2.30. The predicted octanol–water partition coefficient (Wildman–Crippen LogP) is 1.07. The SMILES string of the molecule is CC1CCN(C)C(CN)C(=O)N1Cc1ccccc1. The highest BCUT2D eigenvalue weighted by Crippen LogP contribution is 2.18. The molecule has 4 nitrogen and oxygen atoms in total. The number of likely N-dealkylation sites (N-methyl/N-ethyl adjacent to an activating group) is 1. The van der Waals surface area contributed by atoms with E-state index in [4.69, 9.17) is 5.73 Å². The molecule has 1 aromatic carbocycles. The first kappa shape index (κ1) is 14.0. The van der Waals surface area contributed by atoms with Gasteiger partial charge in [0.15, 0.2) is 0 Å². The number of hydrogen-bond acceptors (Lipinski definition) is 3. The first-order valence-electron chi connectivity index (χ1n) is 6.88. The minimum Gasteiger partial charge on any atom is -0.334 e. The first-order valence-corrected chi connectivity index (χ1v) is 6.88. The van der Waals surface area contributed by atoms with Gasteiger partial charge in [-0.05, 0) is 26.0 Å². The van der Waals surface area contributed by atoms with Crippen LogP contribution in [0.25, 0.3) is 0 Å². The van der Waals surface area contributed by atoms with Gasteiger partial charge >= 0.3 is 0 Å². The van der Waals surface area contributed by atoms with Crippen LogP contribution in [0.2, 0.25) is 0 Å². The van der Waals surface area contributed by atoms with Crippen LogP contribution in [0.3, 0.4) is 0 Å². The quantitative estimate of drug-likeness (QED) is 0.885. The van der Waals surface area contributed by atoms with E-state index in [0.717, 1.165) is 13.0 Å². The Labute approximate surface area is 115 Å². The molecule has 2 atom stereocenters. The van der Waals surface area contributed by atoms with Crippen LogP contribution in [0.15, 0.2) is 30.3 Å². The lowest BCUT2D eigenvalue weighted by molar-refractivity contribution is -0.137. The van der Waals surface area contributed by atoms with Gasteiger partial charge in [-0.3, -0.25) is 9.69 Å². The molecular formula is C15H23N3O. The van der Waals surface area contributed by atoms with E-state index in [1.54, 1.807) is 0 Å². The molecule has 1 aromatic rings. The van der Waals surface area contributed by atoms with Gasteiger partial charge in [0.25, 0.3) is 0 Å². The van der Waals surface area contributed by atoms with E-state index < -0.39 is 0 Å². The normalized spacial score (nSPS) is 25.4. The van der Waals surface area contributed by atoms with Crippen LogP contribution in [-0.4, -0.2) is 47.9 Å². The molecule has 0 aliphatic carbocycles. The molecule has 104 valence electrons. The van der Waals surface area contributed by atoms with E-state index in [9.17, 15) is 4.79 Å². The summed E-state index contributed by atoms with van der Waals surface area (Å²) >= 11 is 0. The monoisotopic (exact) mass is 261 g/mol. The van der Waals surface area contributed by atoms with E-state index in [0.29, 0.717) is 13.1 Å². The van der Waals surface area contributed by atoms with Crippen molar-refractivity contribution in [2.45, 2.75) is 32.0 Å². The second-order valence-electron chi connectivity index (χ2n) is 5.32. The molecule has 4 heteroatoms. The Morgan fingerprint density at radius 2 is 2.00 bits per heavy atom. The number of benzene rings is 1. The lowest BCUT2D eigenvalue weighted by atomic mass is 10.1. The van der Waals surface area contributed by atoms with Gasteiger partial charge < -0.3 is 10.6 Å². The van der Waals surface area contributed by atoms with Crippen molar-refractivity contribution in [2.75, 3.05) is 20.1 Å². The highest BCUT2D eigenvalue weighted by atomic mass is 16.2. The zero-order valence-corrected chi connectivity index (χ0v) is 11.7. The van der Waals surface area contributed by atoms with Gasteiger partial charge in [0, 0.05) is 25.7 Å². The summed E-state index contributed by atoms with van der Waals surface area (Å²) in [6.45, 7) is 4.09. The number of carbonyl (C=O) groups excluding carboxylic acids is 1. The Kier molecular flexibility index (Phi) is 4.56. The third-order valence-corrected chi connectivity index (χ3v) is 3.95. The highest BCUT2D eigenvalue weighted by Gasteiger charge is 2.32. The van der Waals surface area contributed by atoms with E-state index in [1.165, 1.54) is 5.56 Å². The van der Waals surface area contributed by atoms with Gasteiger partial charge in [0.05, 0.1) is 0 Å². The van der Waals surface area contributed by atoms with Crippen LogP contribution in [0, 0.1) is 0 Å². The number of nitrogens with zero attached hydrogens (tertiary/aromatic N) is 2. The average Bonchev–Trinajstić information content (AvgIpc) is 2.52. The van der Waals surface area contributed by atoms with Crippen LogP contribution in [0.1, 0.15) is 18.9 Å². The summed E-state index contributed by atoms with van der Waals surface area (Å²) in [6.07, 6.45) is 0.992. The molecule has 0 spiro atoms. The Balaban J connectivity index is 2.18. The summed E-state index contributed by atoms with van der Waals surface area (Å²) in [6, 6.07) is 10.2. The van der Waals surface area contributed by atoms with Crippen molar-refractivity contribution in [1.82, 2.24) is 9.80 Å². The fourth-order valence-corrected chi connectivity index (χ4v) is 2.59. The first-order chi connectivity index (χ1) is 9.13. The van der Waals surface area contributed by atoms with Crippen LogP contribution < -0.4 is 5.73 Å². The molecule has 0 radical (unpaired) electrons. The maximum Gasteiger partial charge on any atom is 0.241 e. The molecular weight excluding hydrogens is 238 g/mol. The van der Waals surface area contributed by atoms with Gasteiger partial charge in [-0.15, -0.1) is 0 Å². The molecule has 1 saturated heterocycles. The van der Waals surface area contributed by atoms with Crippen LogP contribution in [0.4, 0.5) is 0 Å². The van der Waals surface area contributed by atoms with Crippen molar-refractivity contribution in [3.8, 4) is 0 Å². The predicted molar refractivity (Wildman–Crippen MR) is 76.5 cm³/mol. The molecule has 0 saturated carbocycles. The summed E-state index contributed by atoms with van der Waals surface area (Å²) in [5.41, 5.74) is 6.93. The Morgan fingerprint density at radius 1 is 1.32 bits per heavy atom. The smallest absolute Gasteiger partial charge is 0.241 e. The zero-order chi connectivity index (χ0) is 13.8. The molecule has 1 fully saturated rings. The van der Waals surface area contributed by atoms with Gasteiger partial charge in [-0.2, -0.15) is 0 Å². The van der Waals surface area contributed by atoms with Crippen molar-refractivity contribution < 1.29 is 4.79 Å². The molecule has 19 heavy (non-hydrogen) atoms. The van der Waals surface area contributed by atoms with E-state index in [1.807, 2.05) is 30.1 Å². The Morgan fingerprint density at radius 3 is 2.63 bits per heavy atom. The number of rotatable bonds is 3. The van der Waals surface area contributed by atoms with Crippen molar-refractivity contribution in [1.29, 1.82) is 0 Å². The molecule has 0 bridgehead atoms. The molecule has 1 aliphatic rings. The Bertz CT molecular complexity index is 421. The highest BCUT2D eigenvalue weighted by molar-refractivity contribution is 5.82. The summed E-state index contributed by atoms with van der Waals surface area (Å²) < 4.78 is 0. The summed E-state index contributed by atoms with van der Waals surface area (Å²) in [5.74, 6) is 0.152. The largest absolute Gasteiger partial charge is 0.334 e. The second kappa shape index (κ2) is 6.17. The van der Waals surface area contributed by atoms with Gasteiger partial charge in [-0.25, -0.2) is 0 Å². The Hall–Kier alpha value is -1.39. The second-order valence-corrected chi connectivity index (χ2v) is 5.32. The van der Waals surface area contributed by atoms with Crippen molar-refractivity contribution in [2.24, 2.45) is 5.73 Å². The number of carbonyl (C=O) groups is 1. The number of amides is 1. The third-order valence-electron chi connectivity index (χ3n) is 3.95. The topological polar surface area (TPSA) is 49.6 Å². The molecule has 2 unspecified atom stereocenters. The molecule has 2 N–H and O–H groups in total. The molecule has 2 rings (SSSR count). The zero-order valence-electron chi connectivity index (χ0n) is 11.7. The fraction of sp³-hybridized carbons (Fsp3) is 0.533. The third kappa shape index (κ3) is 3.14. The van der Waals surface area contributed by atoms with Crippen LogP contribution >= 0.6 is 0 Å².